The van der Waals surface area contributed by atoms with E-state index in [9.17, 15) is 4.79 Å². The molecule has 1 amide bonds. The molecule has 1 aliphatic heterocycles. The van der Waals surface area contributed by atoms with E-state index in [1.54, 1.807) is 11.3 Å². The quantitative estimate of drug-likeness (QED) is 0.681. The van der Waals surface area contributed by atoms with Crippen molar-refractivity contribution in [3.05, 3.63) is 46.6 Å². The molecule has 0 bridgehead atoms. The molecule has 3 aromatic rings. The smallest absolute Gasteiger partial charge is 0.257 e. The van der Waals surface area contributed by atoms with Crippen molar-refractivity contribution in [3.63, 3.8) is 0 Å². The molecule has 5 nitrogen and oxygen atoms in total. The third-order valence-corrected chi connectivity index (χ3v) is 4.65. The summed E-state index contributed by atoms with van der Waals surface area (Å²) in [5.41, 5.74) is 2.70. The molecule has 106 valence electrons. The fraction of sp³-hybridized carbons (Fsp3) is 0.200. The van der Waals surface area contributed by atoms with Crippen LogP contribution >= 0.6 is 11.3 Å². The van der Waals surface area contributed by atoms with E-state index in [1.807, 2.05) is 30.5 Å². The van der Waals surface area contributed by atoms with Crippen LogP contribution in [0.25, 0.3) is 10.9 Å². The Balaban J connectivity index is 1.58. The number of nitrogens with one attached hydrogen (secondary N) is 3. The van der Waals surface area contributed by atoms with Crippen LogP contribution in [0.1, 0.15) is 20.9 Å². The second kappa shape index (κ2) is 4.98. The van der Waals surface area contributed by atoms with Crippen LogP contribution in [0.2, 0.25) is 0 Å². The summed E-state index contributed by atoms with van der Waals surface area (Å²) in [6, 6.07) is 7.62. The summed E-state index contributed by atoms with van der Waals surface area (Å²) in [5.74, 6) is -0.120. The van der Waals surface area contributed by atoms with Gasteiger partial charge in [-0.15, -0.1) is 11.3 Å². The van der Waals surface area contributed by atoms with Crippen molar-refractivity contribution < 1.29 is 4.79 Å². The molecular formula is C15H14N4OS. The van der Waals surface area contributed by atoms with Crippen LogP contribution in [0.4, 0.5) is 5.13 Å². The van der Waals surface area contributed by atoms with Crippen LogP contribution in [0, 0.1) is 0 Å². The molecule has 4 rings (SSSR count). The fourth-order valence-electron chi connectivity index (χ4n) is 2.54. The molecule has 0 atom stereocenters. The summed E-state index contributed by atoms with van der Waals surface area (Å²) < 4.78 is 0. The van der Waals surface area contributed by atoms with E-state index in [0.717, 1.165) is 36.1 Å². The fourth-order valence-corrected chi connectivity index (χ4v) is 3.51. The molecule has 0 aliphatic carbocycles. The van der Waals surface area contributed by atoms with Gasteiger partial charge in [-0.2, -0.15) is 0 Å². The maximum absolute atomic E-state index is 12.3. The van der Waals surface area contributed by atoms with E-state index in [4.69, 9.17) is 0 Å². The van der Waals surface area contributed by atoms with Crippen LogP contribution < -0.4 is 10.6 Å². The van der Waals surface area contributed by atoms with Gasteiger partial charge in [-0.25, -0.2) is 4.98 Å². The van der Waals surface area contributed by atoms with Crippen molar-refractivity contribution in [2.75, 3.05) is 11.9 Å². The number of hydrogen-bond donors (Lipinski definition) is 3. The lowest BCUT2D eigenvalue weighted by Gasteiger charge is -2.09. The molecule has 3 N–H and O–H groups in total. The van der Waals surface area contributed by atoms with Gasteiger partial charge in [0.25, 0.3) is 5.91 Å². The van der Waals surface area contributed by atoms with Gasteiger partial charge in [-0.1, -0.05) is 6.07 Å². The molecule has 0 spiro atoms. The highest BCUT2D eigenvalue weighted by Gasteiger charge is 2.16. The Kier molecular flexibility index (Phi) is 2.98. The average molecular weight is 298 g/mol. The van der Waals surface area contributed by atoms with Crippen molar-refractivity contribution >= 4 is 33.3 Å². The SMILES string of the molecule is O=C(Nc1nc2c(s1)CNCC2)c1ccc2cc[nH]c2c1. The Hall–Kier alpha value is -2.18. The van der Waals surface area contributed by atoms with Crippen LogP contribution in [0.3, 0.4) is 0 Å². The summed E-state index contributed by atoms with van der Waals surface area (Å²) in [5, 5.41) is 7.99. The second-order valence-electron chi connectivity index (χ2n) is 5.05. The van der Waals surface area contributed by atoms with Gasteiger partial charge in [0.15, 0.2) is 5.13 Å². The molecule has 0 fully saturated rings. The number of H-pyrrole nitrogens is 1. The monoisotopic (exact) mass is 298 g/mol. The van der Waals surface area contributed by atoms with Gasteiger partial charge in [0.05, 0.1) is 5.69 Å². The molecule has 0 radical (unpaired) electrons. The maximum Gasteiger partial charge on any atom is 0.257 e. The van der Waals surface area contributed by atoms with Crippen LogP contribution in [-0.4, -0.2) is 22.4 Å². The first-order chi connectivity index (χ1) is 10.3. The largest absolute Gasteiger partial charge is 0.361 e. The van der Waals surface area contributed by atoms with Gasteiger partial charge in [0.2, 0.25) is 0 Å². The van der Waals surface area contributed by atoms with Crippen molar-refractivity contribution in [1.29, 1.82) is 0 Å². The summed E-state index contributed by atoms with van der Waals surface area (Å²) in [6.07, 6.45) is 2.80. The highest BCUT2D eigenvalue weighted by atomic mass is 32.1. The van der Waals surface area contributed by atoms with Crippen LogP contribution in [0.5, 0.6) is 0 Å². The third kappa shape index (κ3) is 2.32. The molecule has 1 aliphatic rings. The molecule has 21 heavy (non-hydrogen) atoms. The first-order valence-corrected chi connectivity index (χ1v) is 7.69. The number of amides is 1. The Morgan fingerprint density at radius 3 is 3.19 bits per heavy atom. The average Bonchev–Trinajstić information content (AvgIpc) is 3.11. The van der Waals surface area contributed by atoms with E-state index in [2.05, 4.69) is 20.6 Å². The number of aromatic amines is 1. The number of anilines is 1. The highest BCUT2D eigenvalue weighted by Crippen LogP contribution is 2.26. The minimum Gasteiger partial charge on any atom is -0.361 e. The minimum absolute atomic E-state index is 0.120. The predicted molar refractivity (Wildman–Crippen MR) is 83.8 cm³/mol. The number of rotatable bonds is 2. The lowest BCUT2D eigenvalue weighted by molar-refractivity contribution is 0.102. The van der Waals surface area contributed by atoms with Gasteiger partial charge in [-0.05, 0) is 23.6 Å². The zero-order chi connectivity index (χ0) is 14.2. The van der Waals surface area contributed by atoms with Crippen molar-refractivity contribution in [2.45, 2.75) is 13.0 Å². The number of aromatic nitrogens is 2. The van der Waals surface area contributed by atoms with Crippen LogP contribution in [0.15, 0.2) is 30.5 Å². The third-order valence-electron chi connectivity index (χ3n) is 3.64. The maximum atomic E-state index is 12.3. The summed E-state index contributed by atoms with van der Waals surface area (Å²) >= 11 is 1.55. The zero-order valence-corrected chi connectivity index (χ0v) is 12.1. The van der Waals surface area contributed by atoms with Gasteiger partial charge in [-0.3, -0.25) is 10.1 Å². The summed E-state index contributed by atoms with van der Waals surface area (Å²) in [4.78, 5) is 21.2. The first-order valence-electron chi connectivity index (χ1n) is 6.87. The van der Waals surface area contributed by atoms with E-state index >= 15 is 0 Å². The van der Waals surface area contributed by atoms with Crippen molar-refractivity contribution in [3.8, 4) is 0 Å². The number of thiazole rings is 1. The van der Waals surface area contributed by atoms with Gasteiger partial charge in [0, 0.05) is 41.7 Å². The summed E-state index contributed by atoms with van der Waals surface area (Å²) in [6.45, 7) is 1.80. The second-order valence-corrected chi connectivity index (χ2v) is 6.13. The Morgan fingerprint density at radius 1 is 1.33 bits per heavy atom. The van der Waals surface area contributed by atoms with Crippen molar-refractivity contribution in [1.82, 2.24) is 15.3 Å². The van der Waals surface area contributed by atoms with E-state index in [1.165, 1.54) is 4.88 Å². The molecule has 3 heterocycles. The Morgan fingerprint density at radius 2 is 2.29 bits per heavy atom. The molecule has 1 aromatic carbocycles. The lowest BCUT2D eigenvalue weighted by atomic mass is 10.1. The minimum atomic E-state index is -0.120. The van der Waals surface area contributed by atoms with Crippen LogP contribution in [-0.2, 0) is 13.0 Å². The predicted octanol–water partition coefficient (Wildman–Crippen LogP) is 2.52. The standard InChI is InChI=1S/C15H14N4OS/c20-14(10-2-1-9-3-6-17-12(9)7-10)19-15-18-11-4-5-16-8-13(11)21-15/h1-3,6-7,16-17H,4-5,8H2,(H,18,19,20). The highest BCUT2D eigenvalue weighted by molar-refractivity contribution is 7.15. The van der Waals surface area contributed by atoms with Gasteiger partial charge < -0.3 is 10.3 Å². The number of fused-ring (bicyclic) bond motifs is 2. The topological polar surface area (TPSA) is 69.8 Å². The molecule has 2 aromatic heterocycles. The normalized spacial score (nSPS) is 14.1. The molecule has 0 saturated carbocycles. The van der Waals surface area contributed by atoms with Gasteiger partial charge >= 0.3 is 0 Å². The number of nitrogens with zero attached hydrogens (tertiary/aromatic N) is 1. The number of hydrogen-bond acceptors (Lipinski definition) is 4. The number of benzene rings is 1. The molecular weight excluding hydrogens is 284 g/mol. The number of carbonyl (C=O) groups is 1. The first kappa shape index (κ1) is 12.6. The Bertz CT molecular complexity index is 797. The molecule has 6 heteroatoms. The molecule has 0 saturated heterocycles. The summed E-state index contributed by atoms with van der Waals surface area (Å²) in [7, 11) is 0. The molecule has 0 unspecified atom stereocenters. The van der Waals surface area contributed by atoms with Gasteiger partial charge in [0.1, 0.15) is 0 Å². The van der Waals surface area contributed by atoms with E-state index in [0.29, 0.717) is 10.7 Å². The van der Waals surface area contributed by atoms with Crippen molar-refractivity contribution in [2.24, 2.45) is 0 Å². The number of carbonyl (C=O) groups excluding carboxylic acids is 1. The Labute approximate surface area is 125 Å². The zero-order valence-electron chi connectivity index (χ0n) is 11.3. The van der Waals surface area contributed by atoms with E-state index < -0.39 is 0 Å². The van der Waals surface area contributed by atoms with E-state index in [-0.39, 0.29) is 5.91 Å². The lowest BCUT2D eigenvalue weighted by Crippen LogP contribution is -2.22.